The standard InChI is InChI=1S/C17H12Cl2N4O4/c18-11-3-1-10(2-4-11)16-21-15(27-22-16)7-8-20-17(24)13-6-5-12(23(25)26)9-14(13)19/h1-6,9H,7-8H2,(H,20,24). The van der Waals surface area contributed by atoms with Gasteiger partial charge < -0.3 is 9.84 Å². The SMILES string of the molecule is O=C(NCCc1nc(-c2ccc(Cl)cc2)no1)c1ccc([N+](=O)[O-])cc1Cl. The van der Waals surface area contributed by atoms with Crippen LogP contribution in [-0.2, 0) is 6.42 Å². The molecule has 1 aromatic heterocycles. The quantitative estimate of drug-likeness (QED) is 0.490. The number of aromatic nitrogens is 2. The van der Waals surface area contributed by atoms with E-state index in [-0.39, 0.29) is 22.8 Å². The molecule has 1 amide bonds. The molecule has 0 unspecified atom stereocenters. The van der Waals surface area contributed by atoms with Crippen molar-refractivity contribution >= 4 is 34.8 Å². The number of nitro groups is 1. The van der Waals surface area contributed by atoms with Gasteiger partial charge in [0.2, 0.25) is 11.7 Å². The predicted molar refractivity (Wildman–Crippen MR) is 98.9 cm³/mol. The lowest BCUT2D eigenvalue weighted by molar-refractivity contribution is -0.384. The molecule has 8 nitrogen and oxygen atoms in total. The van der Waals surface area contributed by atoms with Crippen molar-refractivity contribution in [3.8, 4) is 11.4 Å². The number of hydrogen-bond donors (Lipinski definition) is 1. The largest absolute Gasteiger partial charge is 0.351 e. The molecule has 0 atom stereocenters. The Morgan fingerprint density at radius 2 is 1.93 bits per heavy atom. The summed E-state index contributed by atoms with van der Waals surface area (Å²) < 4.78 is 5.16. The lowest BCUT2D eigenvalue weighted by Crippen LogP contribution is -2.26. The summed E-state index contributed by atoms with van der Waals surface area (Å²) in [6, 6.07) is 10.7. The summed E-state index contributed by atoms with van der Waals surface area (Å²) in [7, 11) is 0. The number of rotatable bonds is 6. The van der Waals surface area contributed by atoms with Gasteiger partial charge in [-0.15, -0.1) is 0 Å². The molecule has 0 fully saturated rings. The summed E-state index contributed by atoms with van der Waals surface area (Å²) in [5, 5.41) is 17.9. The summed E-state index contributed by atoms with van der Waals surface area (Å²) in [6.45, 7) is 0.231. The van der Waals surface area contributed by atoms with Gasteiger partial charge in [0.05, 0.1) is 15.5 Å². The van der Waals surface area contributed by atoms with Crippen LogP contribution in [0.5, 0.6) is 0 Å². The Bertz CT molecular complexity index is 989. The van der Waals surface area contributed by atoms with Crippen LogP contribution in [0.1, 0.15) is 16.2 Å². The number of carbonyl (C=O) groups is 1. The average molecular weight is 407 g/mol. The number of non-ortho nitro benzene ring substituents is 1. The zero-order chi connectivity index (χ0) is 19.4. The van der Waals surface area contributed by atoms with Crippen LogP contribution < -0.4 is 5.32 Å². The molecule has 1 heterocycles. The highest BCUT2D eigenvalue weighted by Gasteiger charge is 2.15. The van der Waals surface area contributed by atoms with Crippen LogP contribution in [-0.4, -0.2) is 27.5 Å². The average Bonchev–Trinajstić information content (AvgIpc) is 3.11. The molecule has 138 valence electrons. The van der Waals surface area contributed by atoms with E-state index in [9.17, 15) is 14.9 Å². The van der Waals surface area contributed by atoms with Crippen LogP contribution in [0.15, 0.2) is 47.0 Å². The summed E-state index contributed by atoms with van der Waals surface area (Å²) in [5.74, 6) is 0.328. The summed E-state index contributed by atoms with van der Waals surface area (Å²) >= 11 is 11.8. The number of benzene rings is 2. The van der Waals surface area contributed by atoms with E-state index >= 15 is 0 Å². The lowest BCUT2D eigenvalue weighted by Gasteiger charge is -2.05. The third-order valence-electron chi connectivity index (χ3n) is 3.60. The van der Waals surface area contributed by atoms with Gasteiger partial charge in [0.1, 0.15) is 0 Å². The normalized spacial score (nSPS) is 10.6. The van der Waals surface area contributed by atoms with Gasteiger partial charge >= 0.3 is 0 Å². The number of nitrogens with one attached hydrogen (secondary N) is 1. The van der Waals surface area contributed by atoms with Crippen molar-refractivity contribution in [1.29, 1.82) is 0 Å². The molecule has 3 rings (SSSR count). The number of hydrogen-bond acceptors (Lipinski definition) is 6. The molecule has 2 aromatic carbocycles. The van der Waals surface area contributed by atoms with Crippen LogP contribution in [0, 0.1) is 10.1 Å². The summed E-state index contributed by atoms with van der Waals surface area (Å²) in [5.41, 5.74) is 0.725. The second kappa shape index (κ2) is 8.15. The lowest BCUT2D eigenvalue weighted by atomic mass is 10.2. The highest BCUT2D eigenvalue weighted by molar-refractivity contribution is 6.34. The molecule has 0 aliphatic carbocycles. The summed E-state index contributed by atoms with van der Waals surface area (Å²) in [4.78, 5) is 26.5. The molecule has 10 heteroatoms. The molecule has 0 saturated carbocycles. The molecule has 0 aliphatic heterocycles. The van der Waals surface area contributed by atoms with E-state index in [1.807, 2.05) is 0 Å². The van der Waals surface area contributed by atoms with Crippen LogP contribution in [0.4, 0.5) is 5.69 Å². The maximum atomic E-state index is 12.2. The molecule has 0 bridgehead atoms. The van der Waals surface area contributed by atoms with Crippen LogP contribution >= 0.6 is 23.2 Å². The minimum absolute atomic E-state index is 0.00418. The number of nitro benzene ring substituents is 1. The minimum Gasteiger partial charge on any atom is -0.351 e. The number of carbonyl (C=O) groups excluding carboxylic acids is 1. The Morgan fingerprint density at radius 1 is 1.19 bits per heavy atom. The van der Waals surface area contributed by atoms with Crippen molar-refractivity contribution in [1.82, 2.24) is 15.5 Å². The molecule has 27 heavy (non-hydrogen) atoms. The van der Waals surface area contributed by atoms with Gasteiger partial charge in [-0.2, -0.15) is 4.98 Å². The first-order chi connectivity index (χ1) is 12.9. The molecule has 0 spiro atoms. The fourth-order valence-corrected chi connectivity index (χ4v) is 2.64. The number of halogens is 2. The first-order valence-corrected chi connectivity index (χ1v) is 8.50. The molecule has 0 aliphatic rings. The second-order valence-electron chi connectivity index (χ2n) is 5.45. The Morgan fingerprint density at radius 3 is 2.59 bits per heavy atom. The van der Waals surface area contributed by atoms with Crippen molar-refractivity contribution in [2.75, 3.05) is 6.54 Å². The van der Waals surface area contributed by atoms with Gasteiger partial charge in [0, 0.05) is 35.7 Å². The van der Waals surface area contributed by atoms with Crippen molar-refractivity contribution in [3.05, 3.63) is 74.1 Å². The zero-order valence-electron chi connectivity index (χ0n) is 13.7. The Balaban J connectivity index is 1.58. The van der Waals surface area contributed by atoms with E-state index in [1.165, 1.54) is 12.1 Å². The third-order valence-corrected chi connectivity index (χ3v) is 4.17. The van der Waals surface area contributed by atoms with Gasteiger partial charge in [0.15, 0.2) is 0 Å². The molecular formula is C17H12Cl2N4O4. The Labute approximate surface area is 163 Å². The first-order valence-electron chi connectivity index (χ1n) is 7.74. The van der Waals surface area contributed by atoms with E-state index < -0.39 is 10.8 Å². The zero-order valence-corrected chi connectivity index (χ0v) is 15.2. The van der Waals surface area contributed by atoms with E-state index in [0.717, 1.165) is 11.6 Å². The van der Waals surface area contributed by atoms with Crippen molar-refractivity contribution in [2.24, 2.45) is 0 Å². The van der Waals surface area contributed by atoms with Gasteiger partial charge in [-0.05, 0) is 30.3 Å². The van der Waals surface area contributed by atoms with Gasteiger partial charge in [-0.25, -0.2) is 0 Å². The highest BCUT2D eigenvalue weighted by Crippen LogP contribution is 2.22. The van der Waals surface area contributed by atoms with E-state index in [4.69, 9.17) is 27.7 Å². The fourth-order valence-electron chi connectivity index (χ4n) is 2.25. The molecule has 0 radical (unpaired) electrons. The molecular weight excluding hydrogens is 395 g/mol. The minimum atomic E-state index is -0.582. The van der Waals surface area contributed by atoms with Crippen LogP contribution in [0.25, 0.3) is 11.4 Å². The molecule has 3 aromatic rings. The van der Waals surface area contributed by atoms with Gasteiger partial charge in [-0.1, -0.05) is 28.4 Å². The predicted octanol–water partition coefficient (Wildman–Crippen LogP) is 3.92. The van der Waals surface area contributed by atoms with Crippen molar-refractivity contribution in [3.63, 3.8) is 0 Å². The van der Waals surface area contributed by atoms with Crippen LogP contribution in [0.2, 0.25) is 10.0 Å². The van der Waals surface area contributed by atoms with E-state index in [0.29, 0.717) is 23.2 Å². The smallest absolute Gasteiger partial charge is 0.270 e. The monoisotopic (exact) mass is 406 g/mol. The maximum absolute atomic E-state index is 12.2. The molecule has 1 N–H and O–H groups in total. The highest BCUT2D eigenvalue weighted by atomic mass is 35.5. The molecule has 0 saturated heterocycles. The third kappa shape index (κ3) is 4.60. The van der Waals surface area contributed by atoms with Gasteiger partial charge in [0.25, 0.3) is 11.6 Å². The number of amides is 1. The topological polar surface area (TPSA) is 111 Å². The second-order valence-corrected chi connectivity index (χ2v) is 6.29. The van der Waals surface area contributed by atoms with E-state index in [1.54, 1.807) is 24.3 Å². The van der Waals surface area contributed by atoms with Crippen molar-refractivity contribution < 1.29 is 14.2 Å². The number of nitrogens with zero attached hydrogens (tertiary/aromatic N) is 3. The van der Waals surface area contributed by atoms with E-state index in [2.05, 4.69) is 15.5 Å². The van der Waals surface area contributed by atoms with Gasteiger partial charge in [-0.3, -0.25) is 14.9 Å². The Kier molecular flexibility index (Phi) is 5.68. The fraction of sp³-hybridized carbons (Fsp3) is 0.118. The summed E-state index contributed by atoms with van der Waals surface area (Å²) in [6.07, 6.45) is 0.316. The van der Waals surface area contributed by atoms with Crippen molar-refractivity contribution in [2.45, 2.75) is 6.42 Å². The maximum Gasteiger partial charge on any atom is 0.270 e. The Hall–Kier alpha value is -2.97. The van der Waals surface area contributed by atoms with Crippen LogP contribution in [0.3, 0.4) is 0 Å². The first kappa shape index (κ1) is 18.8.